The molecular weight excluding hydrogens is 348 g/mol. The molecule has 1 aliphatic heterocycles. The average molecular weight is 373 g/mol. The van der Waals surface area contributed by atoms with Crippen molar-refractivity contribution >= 4 is 23.7 Å². The van der Waals surface area contributed by atoms with Crippen molar-refractivity contribution in [3.05, 3.63) is 29.8 Å². The maximum absolute atomic E-state index is 13.1. The minimum atomic E-state index is -1.04. The van der Waals surface area contributed by atoms with Gasteiger partial charge >= 0.3 is 12.1 Å². The van der Waals surface area contributed by atoms with E-state index >= 15 is 0 Å². The largest absolute Gasteiger partial charge is 0.544 e. The summed E-state index contributed by atoms with van der Waals surface area (Å²) in [5, 5.41) is 21.0. The van der Waals surface area contributed by atoms with Gasteiger partial charge in [-0.3, -0.25) is 9.59 Å². The van der Waals surface area contributed by atoms with Crippen LogP contribution in [0.5, 0.6) is 0 Å². The lowest BCUT2D eigenvalue weighted by molar-refractivity contribution is -0.153. The van der Waals surface area contributed by atoms with Gasteiger partial charge in [0.25, 0.3) is 5.91 Å². The third-order valence-corrected chi connectivity index (χ3v) is 6.27. The van der Waals surface area contributed by atoms with Crippen LogP contribution in [0.1, 0.15) is 50.5 Å². The zero-order valence-corrected chi connectivity index (χ0v) is 15.2. The van der Waals surface area contributed by atoms with E-state index < -0.39 is 16.7 Å². The Hall–Kier alpha value is -2.41. The third kappa shape index (κ3) is 2.81. The minimum absolute atomic E-state index is 0.130. The fraction of sp³-hybridized carbons (Fsp3) is 0.550. The number of carboxylic acids is 1. The molecule has 144 valence electrons. The molecule has 1 heterocycles. The summed E-state index contributed by atoms with van der Waals surface area (Å²) >= 11 is 0. The van der Waals surface area contributed by atoms with Gasteiger partial charge in [0, 0.05) is 30.4 Å². The molecule has 4 rings (SSSR count). The summed E-state index contributed by atoms with van der Waals surface area (Å²) in [6.07, 6.45) is 3.59. The third-order valence-electron chi connectivity index (χ3n) is 6.27. The molecule has 0 bridgehead atoms. The van der Waals surface area contributed by atoms with E-state index in [-0.39, 0.29) is 36.8 Å². The van der Waals surface area contributed by atoms with Crippen LogP contribution in [0.3, 0.4) is 0 Å². The molecule has 27 heavy (non-hydrogen) atoms. The van der Waals surface area contributed by atoms with Crippen LogP contribution in [0.4, 0.5) is 10.5 Å². The predicted octanol–water partition coefficient (Wildman–Crippen LogP) is 3.17. The fourth-order valence-electron chi connectivity index (χ4n) is 5.12. The topological polar surface area (TPSA) is 94.9 Å². The number of amides is 2. The second-order valence-electron chi connectivity index (χ2n) is 7.92. The molecule has 0 radical (unpaired) electrons. The van der Waals surface area contributed by atoms with Gasteiger partial charge in [-0.1, -0.05) is 22.8 Å². The molecule has 2 saturated carbocycles. The monoisotopic (exact) mass is 373 g/mol. The molecule has 1 aromatic rings. The van der Waals surface area contributed by atoms with Crippen LogP contribution in [0, 0.1) is 5.92 Å². The summed E-state index contributed by atoms with van der Waals surface area (Å²) in [7, 11) is 0. The van der Waals surface area contributed by atoms with E-state index in [4.69, 9.17) is 5.11 Å². The van der Waals surface area contributed by atoms with Crippen molar-refractivity contribution in [1.82, 2.24) is 9.60 Å². The normalized spacial score (nSPS) is 28.9. The number of quaternary nitrogens is 1. The van der Waals surface area contributed by atoms with Gasteiger partial charge in [-0.15, -0.1) is 0 Å². The predicted molar refractivity (Wildman–Crippen MR) is 97.8 cm³/mol. The molecule has 7 heteroatoms. The molecular formula is C20H25N2O5+. The van der Waals surface area contributed by atoms with Gasteiger partial charge in [0.2, 0.25) is 0 Å². The van der Waals surface area contributed by atoms with Crippen molar-refractivity contribution < 1.29 is 24.6 Å². The van der Waals surface area contributed by atoms with Crippen molar-refractivity contribution in [3.8, 4) is 0 Å². The Kier molecular flexibility index (Phi) is 4.42. The van der Waals surface area contributed by atoms with Crippen molar-refractivity contribution in [3.63, 3.8) is 0 Å². The Morgan fingerprint density at radius 2 is 1.78 bits per heavy atom. The maximum Gasteiger partial charge on any atom is 0.544 e. The van der Waals surface area contributed by atoms with Crippen LogP contribution in [0.2, 0.25) is 0 Å². The summed E-state index contributed by atoms with van der Waals surface area (Å²) in [5.41, 5.74) is 1.66. The molecule has 3 atom stereocenters. The molecule has 2 fully saturated rings. The van der Waals surface area contributed by atoms with Crippen LogP contribution < -0.4 is 4.59 Å². The first-order chi connectivity index (χ1) is 13.0. The first-order valence-electron chi connectivity index (χ1n) is 9.71. The Labute approximate surface area is 157 Å². The average Bonchev–Trinajstić information content (AvgIpc) is 3.35. The van der Waals surface area contributed by atoms with E-state index in [9.17, 15) is 19.5 Å². The highest BCUT2D eigenvalue weighted by Gasteiger charge is 2.64. The van der Waals surface area contributed by atoms with Gasteiger partial charge in [0.15, 0.2) is 5.69 Å². The number of benzene rings is 1. The number of hydrogen-bond acceptors (Lipinski definition) is 3. The number of carbonyl (C=O) groups is 3. The quantitative estimate of drug-likeness (QED) is 0.791. The summed E-state index contributed by atoms with van der Waals surface area (Å²) in [4.78, 5) is 37.0. The van der Waals surface area contributed by atoms with Crippen molar-refractivity contribution in [2.45, 2.75) is 63.5 Å². The molecule has 7 nitrogen and oxygen atoms in total. The number of aliphatic carboxylic acids is 1. The SMILES string of the molecule is O=C(O)CCC(=O)N(C1CC1)[N+]1(C(=O)O)c2ccccc2C[C@H]2CCC[C@H]21. The Morgan fingerprint density at radius 3 is 2.44 bits per heavy atom. The van der Waals surface area contributed by atoms with Crippen LogP contribution in [-0.2, 0) is 16.0 Å². The van der Waals surface area contributed by atoms with E-state index in [1.165, 1.54) is 5.01 Å². The van der Waals surface area contributed by atoms with Gasteiger partial charge in [0.1, 0.15) is 6.04 Å². The number of hydrogen-bond donors (Lipinski definition) is 2. The second kappa shape index (κ2) is 6.64. The Morgan fingerprint density at radius 1 is 1.04 bits per heavy atom. The van der Waals surface area contributed by atoms with Crippen LogP contribution in [0.15, 0.2) is 24.3 Å². The van der Waals surface area contributed by atoms with E-state index in [0.717, 1.165) is 44.1 Å². The first-order valence-corrected chi connectivity index (χ1v) is 9.71. The molecule has 2 amide bonds. The standard InChI is InChI=1S/C20H24N2O5/c23-18(10-11-19(24)25)21(15-8-9-15)22(20(26)27)16-6-2-1-4-13(16)12-14-5-3-7-17(14)22/h1-2,4,6,14-15,17H,3,5,7-12H2,(H-,24,25,26,27)/p+1/t14-,17-,22?/m1/s1. The van der Waals surface area contributed by atoms with E-state index in [1.807, 2.05) is 24.3 Å². The molecule has 1 aromatic carbocycles. The number of fused-ring (bicyclic) bond motifs is 2. The van der Waals surface area contributed by atoms with Crippen molar-refractivity contribution in [2.75, 3.05) is 0 Å². The molecule has 1 unspecified atom stereocenters. The van der Waals surface area contributed by atoms with Gasteiger partial charge in [-0.25, -0.2) is 0 Å². The Balaban J connectivity index is 1.86. The number of carbonyl (C=O) groups excluding carboxylic acids is 1. The number of para-hydroxylation sites is 1. The summed E-state index contributed by atoms with van der Waals surface area (Å²) in [5.74, 6) is -1.19. The van der Waals surface area contributed by atoms with Gasteiger partial charge in [0.05, 0.1) is 12.5 Å². The zero-order valence-electron chi connectivity index (χ0n) is 15.2. The summed E-state index contributed by atoms with van der Waals surface area (Å²) in [6.45, 7) is 0. The van der Waals surface area contributed by atoms with E-state index in [2.05, 4.69) is 0 Å². The molecule has 2 aliphatic carbocycles. The first kappa shape index (κ1) is 18.0. The lowest BCUT2D eigenvalue weighted by Crippen LogP contribution is -2.74. The summed E-state index contributed by atoms with van der Waals surface area (Å²) in [6, 6.07) is 7.24. The van der Waals surface area contributed by atoms with Crippen LogP contribution in [-0.4, -0.2) is 45.3 Å². The van der Waals surface area contributed by atoms with E-state index in [0.29, 0.717) is 5.69 Å². The van der Waals surface area contributed by atoms with Crippen molar-refractivity contribution in [1.29, 1.82) is 0 Å². The number of nitrogens with zero attached hydrogens (tertiary/aromatic N) is 2. The molecule has 0 spiro atoms. The van der Waals surface area contributed by atoms with Gasteiger partial charge in [-0.05, 0) is 32.1 Å². The van der Waals surface area contributed by atoms with Gasteiger partial charge < -0.3 is 10.2 Å². The van der Waals surface area contributed by atoms with Gasteiger partial charge in [-0.2, -0.15) is 9.80 Å². The van der Waals surface area contributed by atoms with Crippen LogP contribution >= 0.6 is 0 Å². The smallest absolute Gasteiger partial charge is 0.481 e. The fourth-order valence-corrected chi connectivity index (χ4v) is 5.12. The highest BCUT2D eigenvalue weighted by atomic mass is 16.4. The lowest BCUT2D eigenvalue weighted by atomic mass is 9.86. The molecule has 0 aromatic heterocycles. The lowest BCUT2D eigenvalue weighted by Gasteiger charge is -2.49. The Bertz CT molecular complexity index is 790. The van der Waals surface area contributed by atoms with E-state index in [1.54, 1.807) is 0 Å². The molecule has 3 aliphatic rings. The summed E-state index contributed by atoms with van der Waals surface area (Å²) < 4.78 is -0.468. The zero-order chi connectivity index (χ0) is 19.2. The minimum Gasteiger partial charge on any atom is -0.481 e. The number of carboxylic acid groups (broad SMARTS) is 2. The number of rotatable bonds is 4. The second-order valence-corrected chi connectivity index (χ2v) is 7.92. The van der Waals surface area contributed by atoms with Crippen LogP contribution in [0.25, 0.3) is 0 Å². The highest BCUT2D eigenvalue weighted by molar-refractivity contribution is 5.90. The van der Waals surface area contributed by atoms with Crippen molar-refractivity contribution in [2.24, 2.45) is 5.92 Å². The maximum atomic E-state index is 13.1. The highest BCUT2D eigenvalue weighted by Crippen LogP contribution is 2.50. The molecule has 0 saturated heterocycles. The molecule has 2 N–H and O–H groups in total.